The summed E-state index contributed by atoms with van der Waals surface area (Å²) in [5, 5.41) is 12.1. The Morgan fingerprint density at radius 1 is 1.10 bits per heavy atom. The Morgan fingerprint density at radius 2 is 1.75 bits per heavy atom. The fourth-order valence-electron chi connectivity index (χ4n) is 7.97. The number of hydrogen-bond acceptors (Lipinski definition) is 10. The maximum absolute atomic E-state index is 14.8. The van der Waals surface area contributed by atoms with Gasteiger partial charge >= 0.3 is 0 Å². The molecule has 1 aliphatic heterocycles. The molecule has 2 bridgehead atoms. The molecule has 3 aliphatic carbocycles. The van der Waals surface area contributed by atoms with E-state index in [1.54, 1.807) is 20.9 Å². The molecule has 0 radical (unpaired) electrons. The summed E-state index contributed by atoms with van der Waals surface area (Å²) in [6.07, 6.45) is 5.41. The summed E-state index contributed by atoms with van der Waals surface area (Å²) in [7, 11) is -5.71. The maximum atomic E-state index is 14.8. The first-order valence-electron chi connectivity index (χ1n) is 18.0. The second kappa shape index (κ2) is 13.4. The van der Waals surface area contributed by atoms with Crippen molar-refractivity contribution in [1.29, 1.82) is 0 Å². The van der Waals surface area contributed by atoms with Crippen molar-refractivity contribution in [2.24, 2.45) is 10.8 Å². The molecule has 4 fully saturated rings. The fourth-order valence-corrected chi connectivity index (χ4v) is 10.6. The number of carbonyl (C=O) groups is 2. The van der Waals surface area contributed by atoms with Crippen molar-refractivity contribution in [1.82, 2.24) is 30.2 Å². The van der Waals surface area contributed by atoms with Gasteiger partial charge in [0.1, 0.15) is 12.1 Å². The molecular formula is C37H54N6O6S2Si. The summed E-state index contributed by atoms with van der Waals surface area (Å²) in [5.41, 5.74) is 4.81. The van der Waals surface area contributed by atoms with Crippen molar-refractivity contribution < 1.29 is 26.6 Å². The molecule has 3 saturated carbocycles. The van der Waals surface area contributed by atoms with Crippen LogP contribution in [0.25, 0.3) is 10.4 Å². The number of nitrogens with zero attached hydrogens (tertiary/aromatic N) is 5. The summed E-state index contributed by atoms with van der Waals surface area (Å²) >= 11 is 1.60. The van der Waals surface area contributed by atoms with Crippen LogP contribution in [0.1, 0.15) is 90.2 Å². The van der Waals surface area contributed by atoms with Gasteiger partial charge in [0.05, 0.1) is 40.7 Å². The summed E-state index contributed by atoms with van der Waals surface area (Å²) in [5.74, 6) is -0.398. The van der Waals surface area contributed by atoms with Gasteiger partial charge in [0, 0.05) is 31.1 Å². The number of nitrogens with one attached hydrogen (secondary N) is 1. The van der Waals surface area contributed by atoms with Gasteiger partial charge in [0.15, 0.2) is 8.32 Å². The molecular weight excluding hydrogens is 717 g/mol. The molecule has 52 heavy (non-hydrogen) atoms. The summed E-state index contributed by atoms with van der Waals surface area (Å²) in [6.45, 7) is 19.8. The van der Waals surface area contributed by atoms with Gasteiger partial charge in [-0.2, -0.15) is 8.42 Å². The Balaban J connectivity index is 1.20. The lowest BCUT2D eigenvalue weighted by Crippen LogP contribution is -2.66. The van der Waals surface area contributed by atoms with Crippen molar-refractivity contribution in [3.05, 3.63) is 52.9 Å². The standard InChI is InChI=1S/C37H54N6O6S2Si/c1-24-30(50-23-39-24)26-13-11-25(12-14-26)16-38-32(44)28-15-27(49-52(9,10)35(5,6)7)17-42(28)33(45)31(34(2,3)4)43-18-29(40-41-43)37-19-36(20-37,21-37)22-48-51(8,46)47/h11-14,18,23,27-28,31H,15-17,19-22H2,1-10H3,(H,38,44)/t27-,28+,31-,36?,37?/m1/s1. The number of benzene rings is 1. The average molecular weight is 771 g/mol. The molecule has 4 aliphatic rings. The molecule has 12 nitrogen and oxygen atoms in total. The van der Waals surface area contributed by atoms with E-state index >= 15 is 0 Å². The van der Waals surface area contributed by atoms with Crippen molar-refractivity contribution in [3.63, 3.8) is 0 Å². The Bertz CT molecular complexity index is 1910. The van der Waals surface area contributed by atoms with Crippen LogP contribution >= 0.6 is 11.3 Å². The lowest BCUT2D eigenvalue weighted by Gasteiger charge is -2.69. The van der Waals surface area contributed by atoms with Crippen LogP contribution in [0, 0.1) is 17.8 Å². The van der Waals surface area contributed by atoms with Gasteiger partial charge in [-0.1, -0.05) is 71.0 Å². The van der Waals surface area contributed by atoms with Crippen LogP contribution < -0.4 is 5.32 Å². The lowest BCUT2D eigenvalue weighted by atomic mass is 9.34. The van der Waals surface area contributed by atoms with Gasteiger partial charge in [-0.15, -0.1) is 16.4 Å². The summed E-state index contributed by atoms with van der Waals surface area (Å²) < 4.78 is 36.8. The van der Waals surface area contributed by atoms with Crippen molar-refractivity contribution in [2.45, 2.75) is 122 Å². The minimum Gasteiger partial charge on any atom is -0.412 e. The first-order valence-corrected chi connectivity index (χ1v) is 23.6. The molecule has 1 aromatic carbocycles. The molecule has 1 N–H and O–H groups in total. The highest BCUT2D eigenvalue weighted by Gasteiger charge is 2.70. The minimum absolute atomic E-state index is 0.0336. The zero-order chi connectivity index (χ0) is 38.1. The Kier molecular flexibility index (Phi) is 9.98. The van der Waals surface area contributed by atoms with Gasteiger partial charge in [-0.05, 0) is 66.3 Å². The van der Waals surface area contributed by atoms with Crippen molar-refractivity contribution >= 4 is 41.6 Å². The van der Waals surface area contributed by atoms with E-state index in [9.17, 15) is 18.0 Å². The van der Waals surface area contributed by atoms with Crippen molar-refractivity contribution in [2.75, 3.05) is 19.4 Å². The van der Waals surface area contributed by atoms with E-state index in [1.165, 1.54) is 0 Å². The lowest BCUT2D eigenvalue weighted by molar-refractivity contribution is -0.163. The first-order chi connectivity index (χ1) is 24.0. The molecule has 2 aromatic heterocycles. The van der Waals surface area contributed by atoms with Crippen LogP contribution in [0.4, 0.5) is 0 Å². The molecule has 3 aromatic rings. The zero-order valence-corrected chi connectivity index (χ0v) is 34.8. The fraction of sp³-hybridized carbons (Fsp3) is 0.649. The van der Waals surface area contributed by atoms with Crippen LogP contribution in [0.5, 0.6) is 0 Å². The average Bonchev–Trinajstić information content (AvgIpc) is 3.73. The van der Waals surface area contributed by atoms with E-state index in [4.69, 9.17) is 8.61 Å². The number of amides is 2. The van der Waals surface area contributed by atoms with Gasteiger partial charge in [0.2, 0.25) is 11.8 Å². The summed E-state index contributed by atoms with van der Waals surface area (Å²) in [6, 6.07) is 6.70. The topological polar surface area (TPSA) is 146 Å². The normalized spacial score (nSPS) is 25.4. The monoisotopic (exact) mass is 770 g/mol. The number of hydrogen-bond donors (Lipinski definition) is 1. The molecule has 3 heterocycles. The third-order valence-electron chi connectivity index (χ3n) is 11.6. The van der Waals surface area contributed by atoms with Crippen LogP contribution in [0.3, 0.4) is 0 Å². The van der Waals surface area contributed by atoms with Gasteiger partial charge in [0.25, 0.3) is 10.1 Å². The minimum atomic E-state index is -3.51. The zero-order valence-electron chi connectivity index (χ0n) is 32.1. The SMILES string of the molecule is Cc1ncsc1-c1ccc(CNC(=O)[C@@H]2C[C@@H](O[Si](C)(C)C(C)(C)C)CN2C(=O)[C@@H](n2cc(C34CC(COS(C)(=O)=O)(C3)C4)nn2)C(C)(C)C)cc1. The van der Waals surface area contributed by atoms with Crippen LogP contribution in [0.2, 0.25) is 18.1 Å². The molecule has 0 unspecified atom stereocenters. The highest BCUT2D eigenvalue weighted by molar-refractivity contribution is 7.85. The maximum Gasteiger partial charge on any atom is 0.264 e. The number of rotatable bonds is 12. The molecule has 7 rings (SSSR count). The second-order valence-corrected chi connectivity index (χ2v) is 25.3. The summed E-state index contributed by atoms with van der Waals surface area (Å²) in [4.78, 5) is 36.0. The number of aryl methyl sites for hydroxylation is 1. The highest BCUT2D eigenvalue weighted by atomic mass is 32.2. The van der Waals surface area contributed by atoms with E-state index < -0.39 is 35.9 Å². The number of aromatic nitrogens is 4. The van der Waals surface area contributed by atoms with Crippen LogP contribution in [-0.4, -0.2) is 85.0 Å². The Hall–Kier alpha value is -2.98. The number of thiazole rings is 1. The molecule has 1 saturated heterocycles. The van der Waals surface area contributed by atoms with Crippen molar-refractivity contribution in [3.8, 4) is 10.4 Å². The van der Waals surface area contributed by atoms with Gasteiger partial charge in [-0.3, -0.25) is 13.8 Å². The van der Waals surface area contributed by atoms with E-state index in [-0.39, 0.29) is 40.4 Å². The largest absolute Gasteiger partial charge is 0.412 e. The second-order valence-electron chi connectivity index (χ2n) is 18.1. The number of likely N-dealkylation sites (tertiary alicyclic amines) is 1. The highest BCUT2D eigenvalue weighted by Crippen LogP contribution is 2.73. The van der Waals surface area contributed by atoms with Crippen LogP contribution in [-0.2, 0) is 40.3 Å². The predicted octanol–water partition coefficient (Wildman–Crippen LogP) is 6.00. The molecule has 284 valence electrons. The molecule has 15 heteroatoms. The van der Waals surface area contributed by atoms with E-state index in [1.807, 2.05) is 63.7 Å². The quantitative estimate of drug-likeness (QED) is 0.173. The van der Waals surface area contributed by atoms with E-state index in [0.717, 1.165) is 52.9 Å². The van der Waals surface area contributed by atoms with E-state index in [2.05, 4.69) is 54.5 Å². The third kappa shape index (κ3) is 7.66. The first kappa shape index (κ1) is 38.7. The van der Waals surface area contributed by atoms with Gasteiger partial charge in [-0.25, -0.2) is 9.67 Å². The molecule has 3 atom stereocenters. The Morgan fingerprint density at radius 3 is 2.31 bits per heavy atom. The van der Waals surface area contributed by atoms with Crippen LogP contribution in [0.15, 0.2) is 36.0 Å². The Labute approximate surface area is 313 Å². The smallest absolute Gasteiger partial charge is 0.264 e. The number of carbonyl (C=O) groups excluding carboxylic acids is 2. The van der Waals surface area contributed by atoms with E-state index in [0.29, 0.717) is 19.5 Å². The molecule has 2 amide bonds. The third-order valence-corrected chi connectivity index (χ3v) is 17.7. The predicted molar refractivity (Wildman–Crippen MR) is 204 cm³/mol. The van der Waals surface area contributed by atoms with Gasteiger partial charge < -0.3 is 14.6 Å². The molecule has 0 spiro atoms.